The summed E-state index contributed by atoms with van der Waals surface area (Å²) in [5.41, 5.74) is 0.863. The van der Waals surface area contributed by atoms with Crippen molar-refractivity contribution in [3.63, 3.8) is 0 Å². The molecule has 242 valence electrons. The van der Waals surface area contributed by atoms with E-state index in [1.54, 1.807) is 68.4 Å². The van der Waals surface area contributed by atoms with E-state index in [1.807, 2.05) is 6.26 Å². The number of halogens is 2. The summed E-state index contributed by atoms with van der Waals surface area (Å²) in [6, 6.07) is 17.3. The van der Waals surface area contributed by atoms with E-state index in [0.717, 1.165) is 41.3 Å². The molecule has 1 aliphatic rings. The van der Waals surface area contributed by atoms with Crippen LogP contribution in [0.3, 0.4) is 0 Å². The van der Waals surface area contributed by atoms with Crippen molar-refractivity contribution in [1.29, 1.82) is 0 Å². The smallest absolute Gasteiger partial charge is 0.264 e. The number of nitrogens with one attached hydrogen (secondary N) is 1. The molecule has 1 saturated carbocycles. The van der Waals surface area contributed by atoms with Gasteiger partial charge in [-0.05, 0) is 87.0 Å². The highest BCUT2D eigenvalue weighted by atomic mass is 35.5. The number of sulfonamides is 1. The molecular weight excluding hydrogens is 653 g/mol. The second-order valence-corrected chi connectivity index (χ2v) is 14.4. The molecule has 0 spiro atoms. The van der Waals surface area contributed by atoms with Crippen molar-refractivity contribution in [1.82, 2.24) is 10.2 Å². The van der Waals surface area contributed by atoms with E-state index in [9.17, 15) is 18.0 Å². The Labute approximate surface area is 280 Å². The Morgan fingerprint density at radius 1 is 1.00 bits per heavy atom. The Hall–Kier alpha value is -2.92. The van der Waals surface area contributed by atoms with Crippen LogP contribution in [-0.4, -0.2) is 56.6 Å². The molecule has 1 N–H and O–H groups in total. The number of amides is 2. The zero-order valence-electron chi connectivity index (χ0n) is 25.7. The van der Waals surface area contributed by atoms with Gasteiger partial charge in [0.05, 0.1) is 27.2 Å². The van der Waals surface area contributed by atoms with Crippen molar-refractivity contribution in [3.8, 4) is 5.75 Å². The second kappa shape index (κ2) is 16.1. The molecule has 0 unspecified atom stereocenters. The number of hydrogen-bond acceptors (Lipinski definition) is 6. The van der Waals surface area contributed by atoms with Gasteiger partial charge < -0.3 is 15.0 Å². The van der Waals surface area contributed by atoms with Gasteiger partial charge in [-0.1, -0.05) is 60.7 Å². The largest absolute Gasteiger partial charge is 0.492 e. The average Bonchev–Trinajstić information content (AvgIpc) is 3.04. The summed E-state index contributed by atoms with van der Waals surface area (Å²) in [7, 11) is -4.24. The highest BCUT2D eigenvalue weighted by molar-refractivity contribution is 7.98. The summed E-state index contributed by atoms with van der Waals surface area (Å²) >= 11 is 13.9. The van der Waals surface area contributed by atoms with E-state index in [2.05, 4.69) is 5.32 Å². The van der Waals surface area contributed by atoms with Crippen LogP contribution in [0.5, 0.6) is 5.75 Å². The molecule has 0 aliphatic heterocycles. The fourth-order valence-corrected chi connectivity index (χ4v) is 7.47. The number of hydrogen-bond donors (Lipinski definition) is 1. The molecule has 8 nitrogen and oxygen atoms in total. The van der Waals surface area contributed by atoms with Crippen molar-refractivity contribution < 1.29 is 22.7 Å². The third kappa shape index (κ3) is 8.87. The van der Waals surface area contributed by atoms with E-state index in [1.165, 1.54) is 28.8 Å². The molecule has 2 amide bonds. The van der Waals surface area contributed by atoms with Gasteiger partial charge in [0.1, 0.15) is 18.3 Å². The molecule has 45 heavy (non-hydrogen) atoms. The molecule has 3 aromatic rings. The molecular formula is C33H39Cl2N3O5S2. The Morgan fingerprint density at radius 2 is 1.69 bits per heavy atom. The molecule has 0 aromatic heterocycles. The highest BCUT2D eigenvalue weighted by Gasteiger charge is 2.34. The zero-order chi connectivity index (χ0) is 32.6. The minimum Gasteiger partial charge on any atom is -0.492 e. The van der Waals surface area contributed by atoms with Gasteiger partial charge in [0.2, 0.25) is 11.8 Å². The van der Waals surface area contributed by atoms with Gasteiger partial charge in [-0.3, -0.25) is 13.9 Å². The maximum atomic E-state index is 14.3. The summed E-state index contributed by atoms with van der Waals surface area (Å²) in [5.74, 6) is -0.550. The molecule has 0 saturated heterocycles. The predicted molar refractivity (Wildman–Crippen MR) is 182 cm³/mol. The first-order chi connectivity index (χ1) is 21.5. The van der Waals surface area contributed by atoms with Crippen molar-refractivity contribution in [2.75, 3.05) is 23.7 Å². The zero-order valence-corrected chi connectivity index (χ0v) is 28.8. The maximum absolute atomic E-state index is 14.3. The summed E-state index contributed by atoms with van der Waals surface area (Å²) in [5, 5.41) is 3.77. The number of rotatable bonds is 13. The molecule has 3 aromatic carbocycles. The number of nitrogens with zero attached hydrogens (tertiary/aromatic N) is 2. The second-order valence-electron chi connectivity index (χ2n) is 10.9. The Kier molecular flexibility index (Phi) is 12.5. The quantitative estimate of drug-likeness (QED) is 0.191. The van der Waals surface area contributed by atoms with Crippen molar-refractivity contribution in [2.24, 2.45) is 0 Å². The number of anilines is 1. The van der Waals surface area contributed by atoms with E-state index in [4.69, 9.17) is 27.9 Å². The average molecular weight is 693 g/mol. The topological polar surface area (TPSA) is 96.0 Å². The Bertz CT molecular complexity index is 1580. The molecule has 0 radical (unpaired) electrons. The van der Waals surface area contributed by atoms with Gasteiger partial charge in [0.25, 0.3) is 10.0 Å². The van der Waals surface area contributed by atoms with Gasteiger partial charge in [0, 0.05) is 17.5 Å². The third-order valence-corrected chi connectivity index (χ3v) is 11.1. The van der Waals surface area contributed by atoms with E-state index < -0.39 is 28.5 Å². The molecule has 1 atom stereocenters. The van der Waals surface area contributed by atoms with Crippen LogP contribution in [0.2, 0.25) is 10.0 Å². The minimum atomic E-state index is -4.24. The van der Waals surface area contributed by atoms with Crippen LogP contribution < -0.4 is 14.4 Å². The fourth-order valence-electron chi connectivity index (χ4n) is 5.32. The van der Waals surface area contributed by atoms with Crippen molar-refractivity contribution in [3.05, 3.63) is 82.3 Å². The van der Waals surface area contributed by atoms with Crippen LogP contribution in [0.4, 0.5) is 5.69 Å². The van der Waals surface area contributed by atoms with Crippen LogP contribution in [0, 0.1) is 0 Å². The summed E-state index contributed by atoms with van der Waals surface area (Å²) in [6.45, 7) is 3.19. The molecule has 1 aliphatic carbocycles. The first-order valence-electron chi connectivity index (χ1n) is 15.0. The van der Waals surface area contributed by atoms with Crippen LogP contribution in [0.15, 0.2) is 76.5 Å². The minimum absolute atomic E-state index is 0.0123. The highest BCUT2D eigenvalue weighted by Crippen LogP contribution is 2.33. The Morgan fingerprint density at radius 3 is 2.33 bits per heavy atom. The summed E-state index contributed by atoms with van der Waals surface area (Å²) in [6.07, 6.45) is 6.88. The van der Waals surface area contributed by atoms with Gasteiger partial charge >= 0.3 is 0 Å². The number of ether oxygens (including phenoxy) is 1. The van der Waals surface area contributed by atoms with E-state index in [-0.39, 0.29) is 29.1 Å². The fraction of sp³-hybridized carbons (Fsp3) is 0.394. The monoisotopic (exact) mass is 691 g/mol. The standard InChI is InChI=1S/C33H39Cl2N3O5S2/c1-4-43-31-13-9-8-12-30(31)38(45(41,42)27-17-15-26(44-3)16-18-27)22-32(39)37(21-24-14-19-28(34)29(35)20-24)23(2)33(40)36-25-10-6-5-7-11-25/h8-9,12-20,23,25H,4-7,10-11,21-22H2,1-3H3,(H,36,40)/t23-/m1/s1. The van der Waals surface area contributed by atoms with Gasteiger partial charge in [-0.25, -0.2) is 8.42 Å². The molecule has 12 heteroatoms. The normalized spacial score (nSPS) is 14.4. The molecule has 1 fully saturated rings. The molecule has 4 rings (SSSR count). The predicted octanol–water partition coefficient (Wildman–Crippen LogP) is 7.18. The number of para-hydroxylation sites is 2. The van der Waals surface area contributed by atoms with Crippen LogP contribution in [-0.2, 0) is 26.2 Å². The Balaban J connectivity index is 1.73. The SMILES string of the molecule is CCOc1ccccc1N(CC(=O)N(Cc1ccc(Cl)c(Cl)c1)[C@H](C)C(=O)NC1CCCCC1)S(=O)(=O)c1ccc(SC)cc1. The van der Waals surface area contributed by atoms with Crippen LogP contribution in [0.1, 0.15) is 51.5 Å². The van der Waals surface area contributed by atoms with Gasteiger partial charge in [0.15, 0.2) is 0 Å². The number of thioether (sulfide) groups is 1. The third-order valence-electron chi connectivity index (χ3n) is 7.82. The summed E-state index contributed by atoms with van der Waals surface area (Å²) in [4.78, 5) is 30.2. The lowest BCUT2D eigenvalue weighted by atomic mass is 9.95. The van der Waals surface area contributed by atoms with Crippen molar-refractivity contribution >= 4 is 62.5 Å². The van der Waals surface area contributed by atoms with Gasteiger partial charge in [-0.15, -0.1) is 11.8 Å². The number of benzene rings is 3. The first-order valence-corrected chi connectivity index (χ1v) is 18.4. The summed E-state index contributed by atoms with van der Waals surface area (Å²) < 4.78 is 35.3. The first kappa shape index (κ1) is 34.9. The van der Waals surface area contributed by atoms with E-state index >= 15 is 0 Å². The lowest BCUT2D eigenvalue weighted by Gasteiger charge is -2.33. The number of carbonyl (C=O) groups excluding carboxylic acids is 2. The van der Waals surface area contributed by atoms with E-state index in [0.29, 0.717) is 28.0 Å². The van der Waals surface area contributed by atoms with Crippen LogP contribution in [0.25, 0.3) is 0 Å². The molecule has 0 bridgehead atoms. The molecule has 0 heterocycles. The van der Waals surface area contributed by atoms with Crippen LogP contribution >= 0.6 is 35.0 Å². The lowest BCUT2D eigenvalue weighted by molar-refractivity contribution is -0.139. The lowest BCUT2D eigenvalue weighted by Crippen LogP contribution is -2.53. The number of carbonyl (C=O) groups is 2. The van der Waals surface area contributed by atoms with Crippen molar-refractivity contribution in [2.45, 2.75) is 74.4 Å². The van der Waals surface area contributed by atoms with Gasteiger partial charge in [-0.2, -0.15) is 0 Å². The maximum Gasteiger partial charge on any atom is 0.264 e.